The third-order valence-electron chi connectivity index (χ3n) is 3.25. The number of carbonyl (C=O) groups excluding carboxylic acids is 2. The molecule has 1 fully saturated rings. The summed E-state index contributed by atoms with van der Waals surface area (Å²) < 4.78 is 28.7. The summed E-state index contributed by atoms with van der Waals surface area (Å²) in [6.45, 7) is 9.88. The minimum absolute atomic E-state index is 0. The minimum atomic E-state index is -4.35. The van der Waals surface area contributed by atoms with Crippen LogP contribution in [0.15, 0.2) is 25.4 Å². The number of hydrogen-bond donors (Lipinski definition) is 3. The molecule has 9 heteroatoms. The van der Waals surface area contributed by atoms with Crippen molar-refractivity contribution in [2.45, 2.75) is 37.5 Å². The standard InChI is InChI=1S/C7H13NO4S.C6H9NO.H3N/c1-4-5(9)6(8)7(2,3)13(10,11)12;1-2-7-5-3-4-6(7)8;/h4,6H,1,8H2,2-3H3,(H,10,11,12);2H,1,3-5H2;1H3. The molecule has 0 spiro atoms. The highest BCUT2D eigenvalue weighted by molar-refractivity contribution is 7.87. The zero-order valence-corrected chi connectivity index (χ0v) is 13.8. The highest BCUT2D eigenvalue weighted by Crippen LogP contribution is 2.19. The molecule has 1 unspecified atom stereocenters. The van der Waals surface area contributed by atoms with Gasteiger partial charge in [0.2, 0.25) is 5.91 Å². The van der Waals surface area contributed by atoms with Gasteiger partial charge in [-0.3, -0.25) is 14.1 Å². The van der Waals surface area contributed by atoms with Crippen molar-refractivity contribution in [3.8, 4) is 0 Å². The SMILES string of the molecule is C=CC(=O)C(N)C(C)(C)S(=O)(=O)O.C=CN1CCCC1=O.N. The topological polar surface area (TPSA) is 153 Å². The fraction of sp³-hybridized carbons (Fsp3) is 0.538. The molecule has 0 bridgehead atoms. The molecule has 0 aromatic carbocycles. The number of hydrogen-bond acceptors (Lipinski definition) is 6. The lowest BCUT2D eigenvalue weighted by atomic mass is 10.00. The normalized spacial score (nSPS) is 16.0. The third kappa shape index (κ3) is 5.68. The van der Waals surface area contributed by atoms with Crippen LogP contribution in [0.4, 0.5) is 0 Å². The van der Waals surface area contributed by atoms with Crippen LogP contribution in [-0.4, -0.2) is 46.9 Å². The maximum Gasteiger partial charge on any atom is 0.272 e. The van der Waals surface area contributed by atoms with Crippen LogP contribution in [0.25, 0.3) is 0 Å². The average Bonchev–Trinajstić information content (AvgIpc) is 2.81. The molecule has 0 aromatic heterocycles. The van der Waals surface area contributed by atoms with Gasteiger partial charge >= 0.3 is 0 Å². The first-order valence-electron chi connectivity index (χ1n) is 6.30. The largest absolute Gasteiger partial charge is 0.344 e. The van der Waals surface area contributed by atoms with Gasteiger partial charge in [0.25, 0.3) is 10.1 Å². The van der Waals surface area contributed by atoms with E-state index < -0.39 is 26.7 Å². The molecule has 1 atom stereocenters. The van der Waals surface area contributed by atoms with E-state index in [1.165, 1.54) is 13.8 Å². The molecule has 1 amide bonds. The molecule has 1 heterocycles. The zero-order valence-electron chi connectivity index (χ0n) is 13.0. The Morgan fingerprint density at radius 3 is 2.18 bits per heavy atom. The summed E-state index contributed by atoms with van der Waals surface area (Å²) >= 11 is 0. The monoisotopic (exact) mass is 335 g/mol. The van der Waals surface area contributed by atoms with Crippen molar-refractivity contribution in [2.75, 3.05) is 6.54 Å². The van der Waals surface area contributed by atoms with E-state index in [2.05, 4.69) is 13.2 Å². The van der Waals surface area contributed by atoms with Crippen molar-refractivity contribution in [3.05, 3.63) is 25.4 Å². The van der Waals surface area contributed by atoms with E-state index in [9.17, 15) is 18.0 Å². The van der Waals surface area contributed by atoms with E-state index in [0.717, 1.165) is 19.0 Å². The minimum Gasteiger partial charge on any atom is -0.344 e. The Hall–Kier alpha value is -1.55. The third-order valence-corrected chi connectivity index (χ3v) is 4.84. The van der Waals surface area contributed by atoms with Crippen molar-refractivity contribution < 1.29 is 22.6 Å². The van der Waals surface area contributed by atoms with Crippen molar-refractivity contribution in [2.24, 2.45) is 5.73 Å². The number of carbonyl (C=O) groups is 2. The maximum absolute atomic E-state index is 11.0. The van der Waals surface area contributed by atoms with Gasteiger partial charge in [-0.1, -0.05) is 13.2 Å². The van der Waals surface area contributed by atoms with Gasteiger partial charge in [0.1, 0.15) is 4.75 Å². The number of nitrogens with two attached hydrogens (primary N) is 1. The Bertz CT molecular complexity index is 528. The maximum atomic E-state index is 11.0. The molecular formula is C13H25N3O5S. The first kappa shape index (κ1) is 22.7. The fourth-order valence-corrected chi connectivity index (χ4v) is 1.93. The van der Waals surface area contributed by atoms with E-state index >= 15 is 0 Å². The second kappa shape index (κ2) is 8.79. The Morgan fingerprint density at radius 1 is 1.45 bits per heavy atom. The number of nitrogens with zero attached hydrogens (tertiary/aromatic N) is 1. The lowest BCUT2D eigenvalue weighted by molar-refractivity contribution is -0.125. The smallest absolute Gasteiger partial charge is 0.272 e. The predicted octanol–water partition coefficient (Wildman–Crippen LogP) is 0.650. The summed E-state index contributed by atoms with van der Waals surface area (Å²) in [7, 11) is -4.35. The van der Waals surface area contributed by atoms with Crippen molar-refractivity contribution in [1.82, 2.24) is 11.1 Å². The average molecular weight is 335 g/mol. The lowest BCUT2D eigenvalue weighted by Crippen LogP contribution is -2.52. The van der Waals surface area contributed by atoms with Crippen LogP contribution in [0, 0.1) is 0 Å². The molecule has 6 N–H and O–H groups in total. The highest BCUT2D eigenvalue weighted by atomic mass is 32.2. The summed E-state index contributed by atoms with van der Waals surface area (Å²) in [5.41, 5.74) is 5.33. The fourth-order valence-electron chi connectivity index (χ4n) is 1.49. The molecule has 1 aliphatic rings. The van der Waals surface area contributed by atoms with Gasteiger partial charge in [-0.2, -0.15) is 8.42 Å². The second-order valence-electron chi connectivity index (χ2n) is 5.04. The van der Waals surface area contributed by atoms with Crippen LogP contribution in [0.1, 0.15) is 26.7 Å². The van der Waals surface area contributed by atoms with Crippen LogP contribution in [0.2, 0.25) is 0 Å². The molecule has 0 radical (unpaired) electrons. The molecule has 0 aromatic rings. The summed E-state index contributed by atoms with van der Waals surface area (Å²) in [6, 6.07) is -1.31. The van der Waals surface area contributed by atoms with Crippen molar-refractivity contribution in [3.63, 3.8) is 0 Å². The molecular weight excluding hydrogens is 310 g/mol. The van der Waals surface area contributed by atoms with Gasteiger partial charge in [0.05, 0.1) is 6.04 Å². The zero-order chi connectivity index (χ0) is 16.8. The summed E-state index contributed by atoms with van der Waals surface area (Å²) in [6.07, 6.45) is 4.21. The van der Waals surface area contributed by atoms with Gasteiger partial charge in [0.15, 0.2) is 5.78 Å². The second-order valence-corrected chi connectivity index (χ2v) is 7.04. The Balaban J connectivity index is 0. The number of rotatable bonds is 5. The van der Waals surface area contributed by atoms with Gasteiger partial charge in [-0.25, -0.2) is 0 Å². The van der Waals surface area contributed by atoms with E-state index in [-0.39, 0.29) is 12.1 Å². The predicted molar refractivity (Wildman–Crippen MR) is 85.0 cm³/mol. The Labute approximate surface area is 131 Å². The summed E-state index contributed by atoms with van der Waals surface area (Å²) in [5.74, 6) is -0.414. The Morgan fingerprint density at radius 2 is 1.95 bits per heavy atom. The molecule has 1 rings (SSSR count). The molecule has 22 heavy (non-hydrogen) atoms. The van der Waals surface area contributed by atoms with Crippen LogP contribution in [0.3, 0.4) is 0 Å². The van der Waals surface area contributed by atoms with Gasteiger partial charge in [-0.15, -0.1) is 0 Å². The van der Waals surface area contributed by atoms with Gasteiger partial charge in [0, 0.05) is 13.0 Å². The first-order valence-corrected chi connectivity index (χ1v) is 7.74. The van der Waals surface area contributed by atoms with Crippen molar-refractivity contribution in [1.29, 1.82) is 0 Å². The first-order chi connectivity index (χ1) is 9.48. The highest BCUT2D eigenvalue weighted by Gasteiger charge is 2.41. The number of ketones is 1. The van der Waals surface area contributed by atoms with E-state index in [0.29, 0.717) is 6.42 Å². The lowest BCUT2D eigenvalue weighted by Gasteiger charge is -2.25. The van der Waals surface area contributed by atoms with Crippen LogP contribution >= 0.6 is 0 Å². The molecule has 8 nitrogen and oxygen atoms in total. The van der Waals surface area contributed by atoms with Gasteiger partial charge < -0.3 is 16.8 Å². The van der Waals surface area contributed by atoms with Crippen LogP contribution in [0.5, 0.6) is 0 Å². The Kier molecular flexibility index (Phi) is 9.08. The van der Waals surface area contributed by atoms with Crippen LogP contribution in [-0.2, 0) is 19.7 Å². The van der Waals surface area contributed by atoms with E-state index in [4.69, 9.17) is 10.3 Å². The van der Waals surface area contributed by atoms with Gasteiger partial charge in [-0.05, 0) is 32.5 Å². The molecule has 0 saturated carbocycles. The van der Waals surface area contributed by atoms with Crippen molar-refractivity contribution >= 4 is 21.8 Å². The molecule has 128 valence electrons. The quantitative estimate of drug-likeness (QED) is 0.492. The number of likely N-dealkylation sites (tertiary alicyclic amines) is 1. The van der Waals surface area contributed by atoms with E-state index in [1.807, 2.05) is 0 Å². The van der Waals surface area contributed by atoms with Crippen LogP contribution < -0.4 is 11.9 Å². The molecule has 0 aliphatic carbocycles. The molecule has 1 aliphatic heterocycles. The number of amides is 1. The molecule has 1 saturated heterocycles. The summed E-state index contributed by atoms with van der Waals surface area (Å²) in [5, 5.41) is 0. The summed E-state index contributed by atoms with van der Waals surface area (Å²) in [4.78, 5) is 23.3. The van der Waals surface area contributed by atoms with E-state index in [1.54, 1.807) is 11.1 Å².